The molecule has 0 radical (unpaired) electrons. The number of benzene rings is 1. The van der Waals surface area contributed by atoms with Gasteiger partial charge in [0.15, 0.2) is 6.17 Å². The van der Waals surface area contributed by atoms with Crippen molar-refractivity contribution < 1.29 is 22.3 Å². The molecular weight excluding hydrogens is 548 g/mol. The molecule has 0 amide bonds. The first-order valence-electron chi connectivity index (χ1n) is 11.6. The molecule has 4 aromatic rings. The number of thiophene rings is 1. The summed E-state index contributed by atoms with van der Waals surface area (Å²) >= 11 is 7.60. The van der Waals surface area contributed by atoms with Gasteiger partial charge in [-0.25, -0.2) is 9.18 Å². The van der Waals surface area contributed by atoms with Crippen molar-refractivity contribution in [2.45, 2.75) is 38.5 Å². The average Bonchev–Trinajstić information content (AvgIpc) is 3.44. The Bertz CT molecular complexity index is 1630. The highest BCUT2D eigenvalue weighted by atomic mass is 35.5. The van der Waals surface area contributed by atoms with Crippen LogP contribution in [-0.4, -0.2) is 45.7 Å². The predicted molar refractivity (Wildman–Crippen MR) is 137 cm³/mol. The Labute approximate surface area is 222 Å². The molecule has 1 aliphatic heterocycles. The Hall–Kier alpha value is -3.22. The smallest absolute Gasteiger partial charge is 0.406 e. The lowest BCUT2D eigenvalue weighted by atomic mass is 10.0. The monoisotopic (exact) mass is 568 g/mol. The van der Waals surface area contributed by atoms with E-state index in [1.807, 2.05) is 6.92 Å². The van der Waals surface area contributed by atoms with Crippen LogP contribution < -0.4 is 21.3 Å². The Morgan fingerprint density at radius 1 is 1.18 bits per heavy atom. The van der Waals surface area contributed by atoms with Crippen molar-refractivity contribution >= 4 is 33.2 Å². The first kappa shape index (κ1) is 26.4. The van der Waals surface area contributed by atoms with Crippen LogP contribution in [-0.2, 0) is 13.1 Å². The number of hydrogen-bond donors (Lipinski definition) is 1. The maximum atomic E-state index is 14.3. The van der Waals surface area contributed by atoms with Crippen LogP contribution >= 0.6 is 22.9 Å². The van der Waals surface area contributed by atoms with Gasteiger partial charge < -0.3 is 10.1 Å². The summed E-state index contributed by atoms with van der Waals surface area (Å²) < 4.78 is 60.9. The molecule has 3 aromatic heterocycles. The largest absolute Gasteiger partial charge is 0.485 e. The maximum absolute atomic E-state index is 14.3. The minimum atomic E-state index is -4.62. The lowest BCUT2D eigenvalue weighted by molar-refractivity contribution is -0.141. The van der Waals surface area contributed by atoms with Crippen LogP contribution in [0.1, 0.15) is 10.4 Å². The molecule has 0 aliphatic carbocycles. The zero-order chi connectivity index (χ0) is 27.2. The molecule has 0 unspecified atom stereocenters. The molecule has 2 atom stereocenters. The van der Waals surface area contributed by atoms with Crippen LogP contribution in [0.25, 0.3) is 21.3 Å². The van der Waals surface area contributed by atoms with Gasteiger partial charge in [-0.2, -0.15) is 13.2 Å². The van der Waals surface area contributed by atoms with E-state index >= 15 is 0 Å². The van der Waals surface area contributed by atoms with E-state index in [2.05, 4.69) is 10.3 Å². The van der Waals surface area contributed by atoms with E-state index in [-0.39, 0.29) is 13.1 Å². The summed E-state index contributed by atoms with van der Waals surface area (Å²) in [5.41, 5.74) is 0.812. The zero-order valence-corrected chi connectivity index (χ0v) is 21.5. The highest BCUT2D eigenvalue weighted by molar-refractivity contribution is 7.19. The lowest BCUT2D eigenvalue weighted by Gasteiger charge is -2.20. The van der Waals surface area contributed by atoms with Crippen LogP contribution in [0, 0.1) is 6.92 Å². The molecule has 38 heavy (non-hydrogen) atoms. The van der Waals surface area contributed by atoms with E-state index in [1.165, 1.54) is 11.3 Å². The molecule has 0 spiro atoms. The third-order valence-corrected chi connectivity index (χ3v) is 7.51. The van der Waals surface area contributed by atoms with Crippen LogP contribution in [0.3, 0.4) is 0 Å². The summed E-state index contributed by atoms with van der Waals surface area (Å²) in [4.78, 5) is 29.9. The SMILES string of the molecule is Cc1cc(Cl)cc(-c2ccnc3cc(Cn4c(=O)ccn(CC(F)(F)F)c4=O)sc23)c1O[C@@H]1CNC[C@@H]1F. The van der Waals surface area contributed by atoms with E-state index in [0.29, 0.717) is 48.1 Å². The Morgan fingerprint density at radius 2 is 1.97 bits per heavy atom. The summed E-state index contributed by atoms with van der Waals surface area (Å²) in [7, 11) is 0. The fraction of sp³-hybridized carbons (Fsp3) is 0.320. The topological polar surface area (TPSA) is 78.2 Å². The zero-order valence-electron chi connectivity index (χ0n) is 19.9. The Kier molecular flexibility index (Phi) is 7.05. The minimum Gasteiger partial charge on any atom is -0.485 e. The van der Waals surface area contributed by atoms with Gasteiger partial charge in [-0.1, -0.05) is 11.6 Å². The number of nitrogens with zero attached hydrogens (tertiary/aromatic N) is 3. The normalized spacial score (nSPS) is 17.8. The van der Waals surface area contributed by atoms with E-state index in [0.717, 1.165) is 22.4 Å². The van der Waals surface area contributed by atoms with Crippen LogP contribution in [0.5, 0.6) is 5.75 Å². The van der Waals surface area contributed by atoms with E-state index < -0.39 is 36.2 Å². The molecule has 1 saturated heterocycles. The number of fused-ring (bicyclic) bond motifs is 1. The molecule has 1 aliphatic rings. The Morgan fingerprint density at radius 3 is 2.68 bits per heavy atom. The number of alkyl halides is 4. The molecule has 4 heterocycles. The van der Waals surface area contributed by atoms with Crippen LogP contribution in [0.2, 0.25) is 5.02 Å². The molecule has 1 aromatic carbocycles. The van der Waals surface area contributed by atoms with Gasteiger partial charge in [0.1, 0.15) is 18.4 Å². The van der Waals surface area contributed by atoms with Gasteiger partial charge in [0.25, 0.3) is 5.56 Å². The van der Waals surface area contributed by atoms with Gasteiger partial charge in [0.2, 0.25) is 0 Å². The highest BCUT2D eigenvalue weighted by Gasteiger charge is 2.31. The van der Waals surface area contributed by atoms with Crippen molar-refractivity contribution in [3.8, 4) is 16.9 Å². The number of rotatable bonds is 6. The molecular formula is C25H21ClF4N4O3S. The number of halogens is 5. The first-order chi connectivity index (χ1) is 18.0. The molecule has 1 N–H and O–H groups in total. The summed E-state index contributed by atoms with van der Waals surface area (Å²) in [5, 5.41) is 3.42. The quantitative estimate of drug-likeness (QED) is 0.345. The van der Waals surface area contributed by atoms with Crippen molar-refractivity contribution in [1.29, 1.82) is 0 Å². The summed E-state index contributed by atoms with van der Waals surface area (Å²) in [6.07, 6.45) is -4.05. The molecule has 0 saturated carbocycles. The second-order valence-corrected chi connectivity index (χ2v) is 10.6. The number of nitrogens with one attached hydrogen (secondary N) is 1. The number of pyridine rings is 1. The van der Waals surface area contributed by atoms with Crippen LogP contribution in [0.15, 0.2) is 52.3 Å². The molecule has 13 heteroatoms. The average molecular weight is 569 g/mol. The number of aryl methyl sites for hydroxylation is 1. The molecule has 200 valence electrons. The van der Waals surface area contributed by atoms with Crippen LogP contribution in [0.4, 0.5) is 17.6 Å². The Balaban J connectivity index is 1.56. The minimum absolute atomic E-state index is 0.198. The van der Waals surface area contributed by atoms with Crippen molar-refractivity contribution in [2.24, 2.45) is 0 Å². The first-order valence-corrected chi connectivity index (χ1v) is 12.8. The lowest BCUT2D eigenvalue weighted by Crippen LogP contribution is -2.41. The van der Waals surface area contributed by atoms with Crippen molar-refractivity contribution in [2.75, 3.05) is 13.1 Å². The number of hydrogen-bond acceptors (Lipinski definition) is 6. The third kappa shape index (κ3) is 5.33. The van der Waals surface area contributed by atoms with Crippen molar-refractivity contribution in [3.63, 3.8) is 0 Å². The van der Waals surface area contributed by atoms with Gasteiger partial charge in [-0.05, 0) is 36.8 Å². The van der Waals surface area contributed by atoms with Crippen molar-refractivity contribution in [1.82, 2.24) is 19.4 Å². The van der Waals surface area contributed by atoms with Crippen molar-refractivity contribution in [3.05, 3.63) is 79.0 Å². The summed E-state index contributed by atoms with van der Waals surface area (Å²) in [5.74, 6) is 0.475. The van der Waals surface area contributed by atoms with Gasteiger partial charge in [0.05, 0.1) is 16.8 Å². The highest BCUT2D eigenvalue weighted by Crippen LogP contribution is 2.42. The standard InChI is InChI=1S/C25H21ClF4N4O3S/c1-13-6-14(26)7-17(22(13)37-20-10-31-9-18(20)27)16-2-4-32-19-8-15(38-23(16)19)11-34-21(35)3-5-33(24(34)36)12-25(28,29)30/h2-8,18,20,31H,9-12H2,1H3/t18-,20+/m0/s1. The third-order valence-electron chi connectivity index (χ3n) is 6.15. The summed E-state index contributed by atoms with van der Waals surface area (Å²) in [6.45, 7) is 0.634. The molecule has 5 rings (SSSR count). The second-order valence-electron chi connectivity index (χ2n) is 8.98. The predicted octanol–water partition coefficient (Wildman–Crippen LogP) is 4.55. The fourth-order valence-electron chi connectivity index (χ4n) is 4.43. The number of ether oxygens (including phenoxy) is 1. The van der Waals surface area contributed by atoms with Gasteiger partial charge in [-0.15, -0.1) is 11.3 Å². The number of aromatic nitrogens is 3. The molecule has 7 nitrogen and oxygen atoms in total. The van der Waals surface area contributed by atoms with Gasteiger partial charge in [0, 0.05) is 52.6 Å². The molecule has 1 fully saturated rings. The van der Waals surface area contributed by atoms with Gasteiger partial charge in [-0.3, -0.25) is 18.9 Å². The van der Waals surface area contributed by atoms with Gasteiger partial charge >= 0.3 is 11.9 Å². The van der Waals surface area contributed by atoms with E-state index in [9.17, 15) is 27.2 Å². The van der Waals surface area contributed by atoms with E-state index in [4.69, 9.17) is 16.3 Å². The summed E-state index contributed by atoms with van der Waals surface area (Å²) in [6, 6.07) is 7.80. The maximum Gasteiger partial charge on any atom is 0.406 e. The fourth-order valence-corrected chi connectivity index (χ4v) is 5.83. The van der Waals surface area contributed by atoms with E-state index in [1.54, 1.807) is 30.5 Å². The molecule has 0 bridgehead atoms. The second kappa shape index (κ2) is 10.2.